The largest absolute Gasteiger partial charge is 0.481 e. The Morgan fingerprint density at radius 3 is 2.00 bits per heavy atom. The lowest BCUT2D eigenvalue weighted by molar-refractivity contribution is -0.139. The number of aliphatic carboxylic acids is 2. The van der Waals surface area contributed by atoms with Crippen LogP contribution in [0.2, 0.25) is 0 Å². The third kappa shape index (κ3) is 16.1. The Bertz CT molecular complexity index is 330. The minimum atomic E-state index is -0.789. The van der Waals surface area contributed by atoms with E-state index >= 15 is 0 Å². The Morgan fingerprint density at radius 1 is 0.875 bits per heavy atom. The van der Waals surface area contributed by atoms with Crippen LogP contribution in [0.5, 0.6) is 0 Å². The number of carboxylic acid groups (broad SMARTS) is 2. The number of hydrogen-bond acceptors (Lipinski definition) is 5. The minimum absolute atomic E-state index is 0.285. The van der Waals surface area contributed by atoms with Gasteiger partial charge in [0.15, 0.2) is 0 Å². The first-order valence-corrected chi connectivity index (χ1v) is 10.1. The van der Waals surface area contributed by atoms with Crippen molar-refractivity contribution in [2.24, 2.45) is 5.73 Å². The van der Waals surface area contributed by atoms with Gasteiger partial charge >= 0.3 is 11.9 Å². The van der Waals surface area contributed by atoms with Crippen LogP contribution >= 0.6 is 11.9 Å². The molecule has 0 aliphatic carbocycles. The zero-order chi connectivity index (χ0) is 18.0. The number of nitrogens with one attached hydrogen (secondary N) is 1. The van der Waals surface area contributed by atoms with Crippen molar-refractivity contribution in [1.82, 2.24) is 4.72 Å². The molecule has 0 aliphatic rings. The fraction of sp³-hybridized carbons (Fsp3) is 0.882. The third-order valence-electron chi connectivity index (χ3n) is 3.86. The van der Waals surface area contributed by atoms with E-state index < -0.39 is 18.0 Å². The molecule has 7 heteroatoms. The van der Waals surface area contributed by atoms with Crippen molar-refractivity contribution in [2.45, 2.75) is 83.1 Å². The van der Waals surface area contributed by atoms with Crippen molar-refractivity contribution in [1.29, 1.82) is 0 Å². The Hall–Kier alpha value is -0.790. The highest BCUT2D eigenvalue weighted by Gasteiger charge is 2.15. The molecule has 0 unspecified atom stereocenters. The van der Waals surface area contributed by atoms with E-state index in [1.807, 2.05) is 0 Å². The summed E-state index contributed by atoms with van der Waals surface area (Å²) in [7, 11) is 0. The van der Waals surface area contributed by atoms with E-state index in [1.54, 1.807) is 0 Å². The molecule has 0 rings (SSSR count). The standard InChI is InChI=1S/C17H34N2O4S/c18-13-9-8-11-15(17(22)23)19-24-14-10-6-4-2-1-3-5-7-12-16(20)21/h15,19H,1-14,18H2,(H,20,21)(H,22,23)/t15-/m0/s1. The van der Waals surface area contributed by atoms with Gasteiger partial charge in [-0.25, -0.2) is 0 Å². The van der Waals surface area contributed by atoms with Crippen LogP contribution in [0.3, 0.4) is 0 Å². The van der Waals surface area contributed by atoms with E-state index in [0.717, 1.165) is 50.7 Å². The molecule has 0 aromatic rings. The zero-order valence-electron chi connectivity index (χ0n) is 14.7. The van der Waals surface area contributed by atoms with E-state index in [0.29, 0.717) is 13.0 Å². The molecule has 24 heavy (non-hydrogen) atoms. The monoisotopic (exact) mass is 362 g/mol. The van der Waals surface area contributed by atoms with Gasteiger partial charge in [-0.3, -0.25) is 14.3 Å². The molecule has 0 saturated heterocycles. The molecule has 0 spiro atoms. The van der Waals surface area contributed by atoms with Gasteiger partial charge in [0.05, 0.1) is 0 Å². The maximum Gasteiger partial charge on any atom is 0.321 e. The zero-order valence-corrected chi connectivity index (χ0v) is 15.5. The number of nitrogens with two attached hydrogens (primary N) is 1. The summed E-state index contributed by atoms with van der Waals surface area (Å²) in [6.07, 6.45) is 11.3. The molecule has 0 aliphatic heterocycles. The van der Waals surface area contributed by atoms with E-state index in [4.69, 9.17) is 15.9 Å². The minimum Gasteiger partial charge on any atom is -0.481 e. The quantitative estimate of drug-likeness (QED) is 0.218. The van der Waals surface area contributed by atoms with Crippen LogP contribution in [0, 0.1) is 0 Å². The molecule has 0 heterocycles. The summed E-state index contributed by atoms with van der Waals surface area (Å²) in [4.78, 5) is 21.5. The molecule has 142 valence electrons. The highest BCUT2D eigenvalue weighted by Crippen LogP contribution is 2.12. The Kier molecular flexibility index (Phi) is 16.5. The van der Waals surface area contributed by atoms with E-state index in [-0.39, 0.29) is 6.42 Å². The molecule has 0 saturated carbocycles. The normalized spacial score (nSPS) is 12.2. The van der Waals surface area contributed by atoms with Crippen LogP contribution in [-0.4, -0.2) is 40.5 Å². The highest BCUT2D eigenvalue weighted by atomic mass is 32.2. The lowest BCUT2D eigenvalue weighted by atomic mass is 10.1. The molecule has 1 atom stereocenters. The number of carboxylic acids is 2. The molecule has 0 radical (unpaired) electrons. The molecule has 6 nitrogen and oxygen atoms in total. The van der Waals surface area contributed by atoms with Gasteiger partial charge in [-0.2, -0.15) is 0 Å². The van der Waals surface area contributed by atoms with Crippen molar-refractivity contribution >= 4 is 23.9 Å². The van der Waals surface area contributed by atoms with E-state index in [2.05, 4.69) is 4.72 Å². The number of carbonyl (C=O) groups is 2. The van der Waals surface area contributed by atoms with Crippen molar-refractivity contribution in [2.75, 3.05) is 12.3 Å². The van der Waals surface area contributed by atoms with Crippen LogP contribution < -0.4 is 10.5 Å². The second-order valence-corrected chi connectivity index (χ2v) is 7.05. The molecular weight excluding hydrogens is 328 g/mol. The van der Waals surface area contributed by atoms with Crippen molar-refractivity contribution in [3.8, 4) is 0 Å². The topological polar surface area (TPSA) is 113 Å². The average Bonchev–Trinajstić information content (AvgIpc) is 2.53. The molecule has 5 N–H and O–H groups in total. The molecule has 0 aromatic heterocycles. The summed E-state index contributed by atoms with van der Waals surface area (Å²) in [5.41, 5.74) is 5.42. The number of rotatable bonds is 18. The van der Waals surface area contributed by atoms with Crippen LogP contribution in [-0.2, 0) is 9.59 Å². The molecule has 0 fully saturated rings. The molecule has 0 bridgehead atoms. The van der Waals surface area contributed by atoms with Gasteiger partial charge in [-0.15, -0.1) is 0 Å². The van der Waals surface area contributed by atoms with Gasteiger partial charge in [0, 0.05) is 12.2 Å². The summed E-state index contributed by atoms with van der Waals surface area (Å²) in [5.74, 6) is -0.563. The lowest BCUT2D eigenvalue weighted by Gasteiger charge is -2.13. The molecule has 0 aromatic carbocycles. The predicted molar refractivity (Wildman–Crippen MR) is 99.1 cm³/mol. The maximum absolute atomic E-state index is 11.1. The number of hydrogen-bond donors (Lipinski definition) is 4. The average molecular weight is 363 g/mol. The first-order chi connectivity index (χ1) is 11.6. The van der Waals surface area contributed by atoms with Crippen LogP contribution in [0.25, 0.3) is 0 Å². The van der Waals surface area contributed by atoms with Gasteiger partial charge in [0.2, 0.25) is 0 Å². The van der Waals surface area contributed by atoms with Gasteiger partial charge in [-0.1, -0.05) is 56.9 Å². The summed E-state index contributed by atoms with van der Waals surface area (Å²) in [6, 6.07) is -0.479. The Labute approximate surface area is 150 Å². The van der Waals surface area contributed by atoms with Gasteiger partial charge < -0.3 is 15.9 Å². The summed E-state index contributed by atoms with van der Waals surface area (Å²) >= 11 is 1.51. The Morgan fingerprint density at radius 2 is 1.46 bits per heavy atom. The first kappa shape index (κ1) is 23.2. The summed E-state index contributed by atoms with van der Waals surface area (Å²) in [5, 5.41) is 17.7. The highest BCUT2D eigenvalue weighted by molar-refractivity contribution is 7.97. The fourth-order valence-corrected chi connectivity index (χ4v) is 3.28. The number of unbranched alkanes of at least 4 members (excludes halogenated alkanes) is 8. The van der Waals surface area contributed by atoms with E-state index in [1.165, 1.54) is 31.2 Å². The van der Waals surface area contributed by atoms with Crippen molar-refractivity contribution < 1.29 is 19.8 Å². The van der Waals surface area contributed by atoms with Gasteiger partial charge in [0.25, 0.3) is 0 Å². The fourth-order valence-electron chi connectivity index (χ4n) is 2.40. The molecule has 0 amide bonds. The SMILES string of the molecule is NCCCC[C@H](NSCCCCCCCCCCC(=O)O)C(=O)O. The van der Waals surface area contributed by atoms with Crippen LogP contribution in [0.15, 0.2) is 0 Å². The van der Waals surface area contributed by atoms with Crippen molar-refractivity contribution in [3.05, 3.63) is 0 Å². The second kappa shape index (κ2) is 17.0. The predicted octanol–water partition coefficient (Wildman–Crippen LogP) is 3.40. The molecular formula is C17H34N2O4S. The van der Waals surface area contributed by atoms with E-state index in [9.17, 15) is 9.59 Å². The first-order valence-electron chi connectivity index (χ1n) is 9.10. The second-order valence-electron chi connectivity index (χ2n) is 6.11. The smallest absolute Gasteiger partial charge is 0.321 e. The van der Waals surface area contributed by atoms with Gasteiger partial charge in [0.1, 0.15) is 6.04 Å². The third-order valence-corrected chi connectivity index (χ3v) is 4.80. The van der Waals surface area contributed by atoms with Crippen molar-refractivity contribution in [3.63, 3.8) is 0 Å². The van der Waals surface area contributed by atoms with Crippen LogP contribution in [0.4, 0.5) is 0 Å². The summed E-state index contributed by atoms with van der Waals surface area (Å²) < 4.78 is 3.04. The maximum atomic E-state index is 11.1. The summed E-state index contributed by atoms with van der Waals surface area (Å²) in [6.45, 7) is 0.610. The Balaban J connectivity index is 3.36. The van der Waals surface area contributed by atoms with Crippen LogP contribution in [0.1, 0.15) is 77.0 Å². The van der Waals surface area contributed by atoms with Gasteiger partial charge in [-0.05, 0) is 32.2 Å². The lowest BCUT2D eigenvalue weighted by Crippen LogP contribution is -2.32.